The lowest BCUT2D eigenvalue weighted by molar-refractivity contribution is -0.119. The van der Waals surface area contributed by atoms with Gasteiger partial charge in [0, 0.05) is 67.8 Å². The van der Waals surface area contributed by atoms with Crippen molar-refractivity contribution in [1.29, 1.82) is 0 Å². The molecule has 11 rings (SSSR count). The van der Waals surface area contributed by atoms with Gasteiger partial charge in [-0.05, 0) is 144 Å². The van der Waals surface area contributed by atoms with Crippen molar-refractivity contribution in [2.45, 2.75) is 85.7 Å². The van der Waals surface area contributed by atoms with E-state index in [-0.39, 0.29) is 35.2 Å². The summed E-state index contributed by atoms with van der Waals surface area (Å²) in [5.41, 5.74) is 9.49. The normalized spacial score (nSPS) is 13.5. The second-order valence-corrected chi connectivity index (χ2v) is 24.9. The molecule has 2 N–H and O–H groups in total. The lowest BCUT2D eigenvalue weighted by atomic mass is 10.1. The molecule has 20 nitrogen and oxygen atoms in total. The molecule has 2 aliphatic heterocycles. The molecule has 0 spiro atoms. The largest absolute Gasteiger partial charge is 0.477 e. The van der Waals surface area contributed by atoms with Crippen LogP contribution in [0.3, 0.4) is 0 Å². The first kappa shape index (κ1) is 71.6. The molecule has 2 aliphatic rings. The van der Waals surface area contributed by atoms with Crippen LogP contribution in [0.15, 0.2) is 177 Å². The van der Waals surface area contributed by atoms with Crippen molar-refractivity contribution in [3.8, 4) is 17.1 Å². The molecule has 2 unspecified atom stereocenters. The van der Waals surface area contributed by atoms with Crippen molar-refractivity contribution in [3.05, 3.63) is 204 Å². The minimum Gasteiger partial charge on any atom is -0.477 e. The molecule has 84 heavy (non-hydrogen) atoms. The summed E-state index contributed by atoms with van der Waals surface area (Å²) in [5, 5.41) is 27.7. The van der Waals surface area contributed by atoms with Crippen LogP contribution >= 0.6 is 97.7 Å². The summed E-state index contributed by atoms with van der Waals surface area (Å²) in [6.07, 6.45) is 26.8. The number of carboxylic acid groups (broad SMARTS) is 1. The number of amides is 1. The van der Waals surface area contributed by atoms with Crippen LogP contribution in [0, 0.1) is 6.92 Å². The molecule has 0 aromatic carbocycles. The van der Waals surface area contributed by atoms with Crippen LogP contribution in [0.25, 0.3) is 17.1 Å². The summed E-state index contributed by atoms with van der Waals surface area (Å²) in [7, 11) is 0. The highest BCUT2D eigenvalue weighted by Crippen LogP contribution is 2.61. The lowest BCUT2D eigenvalue weighted by Gasteiger charge is -2.23. The van der Waals surface area contributed by atoms with E-state index in [1.54, 1.807) is 84.8 Å². The minimum absolute atomic E-state index is 0. The Morgan fingerprint density at radius 2 is 1.06 bits per heavy atom. The number of hydrogen-bond donors (Lipinski definition) is 2. The minimum atomic E-state index is -3.22. The molecule has 29 heteroatoms. The standard InChI is InChI=1S/C10H12ClN3.C10H10ClN3.C10H13N3O.C9H6ClN3O2.C8H6ClN3.C6H7N.C2H6.Cl3OP.ClH/c2*1-2-8-6-10(11)13-14(8)9-4-3-5-12-7-9;1-2-8-6-10(14)12-13(8)9-4-3-5-11-7-9;10-8-4-7(9(14)15)13(12-8)6-2-1-3-11-5-6;9-8-3-5-12(11-8)7-2-1-4-10-6-7;1-6-3-2-4-7-5-6;1-2;1-5(2,3)4;/h3-5,7-8H,2,6H2,1H3;3-7H,2H2,1H3;3-5,7-8H,2,6H2,1H3,(H,12,14);1-5H,(H,14,15);1-6H;2-5H,1H3;1-2H3;;1H. The Labute approximate surface area is 528 Å². The number of nitrogens with one attached hydrogen (secondary N) is 1. The van der Waals surface area contributed by atoms with E-state index in [1.165, 1.54) is 22.5 Å². The average Bonchev–Trinajstić information content (AvgIpc) is 4.55. The first-order valence-electron chi connectivity index (χ1n) is 25.5. The molecule has 9 aromatic heterocycles. The smallest absolute Gasteiger partial charge is 0.354 e. The zero-order chi connectivity index (χ0) is 60.7. The molecule has 0 bridgehead atoms. The molecule has 1 saturated heterocycles. The zero-order valence-electron chi connectivity index (χ0n) is 46.2. The summed E-state index contributed by atoms with van der Waals surface area (Å²) in [5.74, 6) is -1.00. The van der Waals surface area contributed by atoms with Gasteiger partial charge < -0.3 is 5.11 Å². The second-order valence-electron chi connectivity index (χ2n) is 16.6. The molecular weight excluding hydrogens is 1260 g/mol. The maximum absolute atomic E-state index is 11.2. The van der Waals surface area contributed by atoms with Gasteiger partial charge in [-0.25, -0.2) is 18.8 Å². The van der Waals surface area contributed by atoms with Gasteiger partial charge in [0.2, 0.25) is 5.91 Å². The Hall–Kier alpha value is -6.71. The highest BCUT2D eigenvalue weighted by atomic mass is 36.0. The molecule has 0 saturated carbocycles. The monoisotopic (exact) mass is 1320 g/mol. The number of aryl methyl sites for hydroxylation is 2. The summed E-state index contributed by atoms with van der Waals surface area (Å²) in [6, 6.07) is 28.2. The third-order valence-electron chi connectivity index (χ3n) is 10.8. The van der Waals surface area contributed by atoms with Gasteiger partial charge in [-0.15, -0.1) is 12.4 Å². The third-order valence-corrected chi connectivity index (χ3v) is 11.6. The van der Waals surface area contributed by atoms with Crippen LogP contribution in [0.2, 0.25) is 15.5 Å². The Balaban J connectivity index is 0.000000260. The van der Waals surface area contributed by atoms with Crippen LogP contribution in [0.4, 0.5) is 11.4 Å². The van der Waals surface area contributed by atoms with Crippen LogP contribution in [0.1, 0.15) is 82.0 Å². The Bertz CT molecular complexity index is 3370. The van der Waals surface area contributed by atoms with E-state index in [1.807, 2.05) is 115 Å². The number of rotatable bonds is 9. The number of aromatic nitrogens is 12. The van der Waals surface area contributed by atoms with Crippen molar-refractivity contribution in [2.24, 2.45) is 5.10 Å². The van der Waals surface area contributed by atoms with E-state index in [4.69, 9.17) is 51.5 Å². The Morgan fingerprint density at radius 3 is 1.48 bits per heavy atom. The van der Waals surface area contributed by atoms with Crippen LogP contribution in [-0.4, -0.2) is 93.5 Å². The van der Waals surface area contributed by atoms with Gasteiger partial charge in [-0.2, -0.15) is 20.4 Å². The van der Waals surface area contributed by atoms with Gasteiger partial charge in [-0.1, -0.05) is 87.1 Å². The number of hydrogen-bond acceptors (Lipinski definition) is 15. The Morgan fingerprint density at radius 1 is 0.607 bits per heavy atom. The molecule has 2 atom stereocenters. The van der Waals surface area contributed by atoms with Crippen LogP contribution < -0.4 is 15.4 Å². The molecular formula is C55H61Cl8N16O4P. The van der Waals surface area contributed by atoms with Crippen molar-refractivity contribution >= 4 is 126 Å². The van der Waals surface area contributed by atoms with Crippen LogP contribution in [-0.2, 0) is 15.8 Å². The third kappa shape index (κ3) is 25.2. The topological polar surface area (TPSA) is 233 Å². The number of carbonyl (C=O) groups excluding carboxylic acids is 1. The number of aromatic carboxylic acids is 1. The van der Waals surface area contributed by atoms with Crippen molar-refractivity contribution in [3.63, 3.8) is 0 Å². The summed E-state index contributed by atoms with van der Waals surface area (Å²) >= 11 is 36.9. The van der Waals surface area contributed by atoms with Gasteiger partial charge in [0.25, 0.3) is 0 Å². The number of carbonyl (C=O) groups is 2. The molecule has 1 fully saturated rings. The molecule has 0 radical (unpaired) electrons. The molecule has 446 valence electrons. The summed E-state index contributed by atoms with van der Waals surface area (Å²) in [6.45, 7) is 12.3. The first-order chi connectivity index (χ1) is 39.9. The molecule has 11 heterocycles. The van der Waals surface area contributed by atoms with E-state index < -0.39 is 11.2 Å². The Kier molecular flexibility index (Phi) is 32.6. The van der Waals surface area contributed by atoms with Gasteiger partial charge in [-0.3, -0.25) is 54.7 Å². The maximum Gasteiger partial charge on any atom is 0.354 e. The maximum atomic E-state index is 11.2. The zero-order valence-corrected chi connectivity index (χ0v) is 53.2. The molecule has 1 amide bonds. The van der Waals surface area contributed by atoms with E-state index in [0.29, 0.717) is 33.6 Å². The van der Waals surface area contributed by atoms with Gasteiger partial charge >= 0.3 is 11.2 Å². The number of anilines is 2. The van der Waals surface area contributed by atoms with Crippen molar-refractivity contribution < 1.29 is 19.3 Å². The number of carboxylic acids is 1. The van der Waals surface area contributed by atoms with Crippen LogP contribution in [0.5, 0.6) is 0 Å². The second kappa shape index (κ2) is 38.3. The first-order valence-corrected chi connectivity index (χ1v) is 31.4. The van der Waals surface area contributed by atoms with E-state index >= 15 is 0 Å². The molecule has 9 aromatic rings. The average molecular weight is 1320 g/mol. The van der Waals surface area contributed by atoms with E-state index in [0.717, 1.165) is 54.1 Å². The number of hydrazine groups is 1. The predicted molar refractivity (Wildman–Crippen MR) is 340 cm³/mol. The number of halogens is 8. The van der Waals surface area contributed by atoms with E-state index in [2.05, 4.69) is 110 Å². The van der Waals surface area contributed by atoms with Gasteiger partial charge in [0.1, 0.15) is 5.17 Å². The fourth-order valence-electron chi connectivity index (χ4n) is 7.18. The lowest BCUT2D eigenvalue weighted by Crippen LogP contribution is -2.38. The fraction of sp³-hybridized carbons (Fsp3) is 0.236. The number of nitrogens with zero attached hydrogens (tertiary/aromatic N) is 15. The van der Waals surface area contributed by atoms with Gasteiger partial charge in [0.05, 0.1) is 77.9 Å². The molecule has 0 aliphatic carbocycles. The fourth-order valence-corrected chi connectivity index (χ4v) is 7.95. The summed E-state index contributed by atoms with van der Waals surface area (Å²) in [4.78, 5) is 46.0. The number of hydrazone groups is 1. The van der Waals surface area contributed by atoms with Crippen molar-refractivity contribution in [1.82, 2.24) is 64.7 Å². The quantitative estimate of drug-likeness (QED) is 0.128. The summed E-state index contributed by atoms with van der Waals surface area (Å²) < 4.78 is 14.2. The number of pyridine rings is 6. The highest BCUT2D eigenvalue weighted by Gasteiger charge is 2.29. The van der Waals surface area contributed by atoms with Crippen molar-refractivity contribution in [2.75, 3.05) is 10.0 Å². The highest BCUT2D eigenvalue weighted by molar-refractivity contribution is 8.24. The predicted octanol–water partition coefficient (Wildman–Crippen LogP) is 15.4. The van der Waals surface area contributed by atoms with Gasteiger partial charge in [0.15, 0.2) is 21.2 Å². The SMILES string of the molecule is CC.CCC1CC(=O)NN1c1cccnc1.CCC1CC(Cl)=NN1c1cccnc1.CCc1cc(Cl)nn1-c1cccnc1.Cc1cccnc1.Cl.Clc1ccn(-c2cccnc2)n1.O=C(O)c1cc(Cl)nn1-c1cccnc1.O=P(Cl)(Cl)Cl. The van der Waals surface area contributed by atoms with E-state index in [9.17, 15) is 14.2 Å².